The van der Waals surface area contributed by atoms with Crippen LogP contribution < -0.4 is 5.43 Å². The molecule has 0 amide bonds. The molecule has 1 aliphatic rings. The number of rotatable bonds is 5. The van der Waals surface area contributed by atoms with Gasteiger partial charge in [-0.15, -0.1) is 5.10 Å². The molecule has 0 unspecified atom stereocenters. The third-order valence-electron chi connectivity index (χ3n) is 4.37. The summed E-state index contributed by atoms with van der Waals surface area (Å²) < 4.78 is 11.3. The Morgan fingerprint density at radius 3 is 2.60 bits per heavy atom. The van der Waals surface area contributed by atoms with E-state index in [2.05, 4.69) is 32.2 Å². The van der Waals surface area contributed by atoms with E-state index >= 15 is 0 Å². The molecule has 0 radical (unpaired) electrons. The highest BCUT2D eigenvalue weighted by atomic mass is 16.5. The van der Waals surface area contributed by atoms with Crippen LogP contribution in [-0.4, -0.2) is 29.1 Å². The molecule has 0 saturated heterocycles. The molecule has 1 aliphatic heterocycles. The molecule has 0 aliphatic carbocycles. The van der Waals surface area contributed by atoms with Crippen LogP contribution in [0.1, 0.15) is 18.1 Å². The second-order valence-corrected chi connectivity index (χ2v) is 6.29. The van der Waals surface area contributed by atoms with Gasteiger partial charge in [-0.25, -0.2) is 20.4 Å². The van der Waals surface area contributed by atoms with Crippen molar-refractivity contribution in [2.75, 3.05) is 0 Å². The molecular weight excluding hydrogens is 380 g/mol. The molecule has 148 valence electrons. The number of aromatic nitrogens is 1. The molecule has 0 saturated carbocycles. The summed E-state index contributed by atoms with van der Waals surface area (Å²) >= 11 is 0. The van der Waals surface area contributed by atoms with Crippen LogP contribution in [0.15, 0.2) is 98.3 Å². The Kier molecular flexibility index (Phi) is 5.29. The van der Waals surface area contributed by atoms with E-state index in [1.165, 1.54) is 6.39 Å². The number of aliphatic imine (C=N–C) groups is 2. The molecule has 30 heavy (non-hydrogen) atoms. The molecule has 2 N–H and O–H groups in total. The van der Waals surface area contributed by atoms with Gasteiger partial charge in [-0.1, -0.05) is 42.5 Å². The molecule has 4 rings (SSSR count). The van der Waals surface area contributed by atoms with Gasteiger partial charge in [-0.3, -0.25) is 5.41 Å². The summed E-state index contributed by atoms with van der Waals surface area (Å²) in [4.78, 5) is 12.3. The van der Waals surface area contributed by atoms with Gasteiger partial charge >= 0.3 is 0 Å². The van der Waals surface area contributed by atoms with Crippen LogP contribution >= 0.6 is 0 Å². The minimum atomic E-state index is -0.140. The predicted octanol–water partition coefficient (Wildman–Crippen LogP) is 3.98. The van der Waals surface area contributed by atoms with E-state index in [0.717, 1.165) is 16.7 Å². The third-order valence-corrected chi connectivity index (χ3v) is 4.37. The number of oxazole rings is 1. The normalized spacial score (nSPS) is 15.1. The Balaban J connectivity index is 1.72. The molecule has 2 heterocycles. The van der Waals surface area contributed by atoms with Gasteiger partial charge in [0.1, 0.15) is 0 Å². The fraction of sp³-hybridized carbons (Fsp3) is 0.0455. The van der Waals surface area contributed by atoms with Gasteiger partial charge in [0, 0.05) is 22.4 Å². The molecule has 0 atom stereocenters. The summed E-state index contributed by atoms with van der Waals surface area (Å²) in [7, 11) is 0. The Morgan fingerprint density at radius 2 is 1.87 bits per heavy atom. The van der Waals surface area contributed by atoms with Crippen LogP contribution in [0, 0.1) is 5.41 Å². The summed E-state index contributed by atoms with van der Waals surface area (Å²) in [5.74, 6) is 1.08. The number of ether oxygens (including phenoxy) is 1. The Labute approximate surface area is 172 Å². The summed E-state index contributed by atoms with van der Waals surface area (Å²) in [6.07, 6.45) is 3.02. The molecule has 0 spiro atoms. The summed E-state index contributed by atoms with van der Waals surface area (Å²) in [5.41, 5.74) is 6.08. The van der Waals surface area contributed by atoms with Gasteiger partial charge in [0.15, 0.2) is 23.7 Å². The van der Waals surface area contributed by atoms with Gasteiger partial charge in [-0.05, 0) is 25.8 Å². The van der Waals surface area contributed by atoms with E-state index in [1.807, 2.05) is 61.5 Å². The standard InChI is InChI=1S/C22H18N6O2/c1-14(16-10-6-7-11-17(16)18-12-25-13-29-18)26-19(20(23)24-2)22-28-27-21(30-22)15-8-4-3-5-9-15/h3-13,23,28H,2H2,1H3. The van der Waals surface area contributed by atoms with Crippen molar-refractivity contribution >= 4 is 24.2 Å². The van der Waals surface area contributed by atoms with Gasteiger partial charge in [0.25, 0.3) is 0 Å². The molecule has 8 nitrogen and oxygen atoms in total. The average Bonchev–Trinajstić information content (AvgIpc) is 3.50. The Hall–Kier alpha value is -4.33. The summed E-state index contributed by atoms with van der Waals surface area (Å²) in [6, 6.07) is 17.1. The molecule has 0 fully saturated rings. The maximum absolute atomic E-state index is 8.19. The highest BCUT2D eigenvalue weighted by Gasteiger charge is 2.22. The molecule has 0 bridgehead atoms. The second-order valence-electron chi connectivity index (χ2n) is 6.29. The minimum absolute atomic E-state index is 0.140. The van der Waals surface area contributed by atoms with Crippen LogP contribution in [0.25, 0.3) is 11.3 Å². The largest absolute Gasteiger partial charge is 0.443 e. The van der Waals surface area contributed by atoms with Crippen LogP contribution in [-0.2, 0) is 4.74 Å². The Bertz CT molecular complexity index is 1180. The second kappa shape index (κ2) is 8.36. The fourth-order valence-corrected chi connectivity index (χ4v) is 2.93. The number of benzene rings is 2. The van der Waals surface area contributed by atoms with Crippen molar-refractivity contribution in [3.8, 4) is 11.3 Å². The lowest BCUT2D eigenvalue weighted by atomic mass is 10.0. The van der Waals surface area contributed by atoms with Gasteiger partial charge in [0.2, 0.25) is 11.8 Å². The molecular formula is C22H18N6O2. The van der Waals surface area contributed by atoms with E-state index in [1.54, 1.807) is 6.20 Å². The monoisotopic (exact) mass is 398 g/mol. The van der Waals surface area contributed by atoms with Crippen molar-refractivity contribution in [1.82, 2.24) is 10.4 Å². The fourth-order valence-electron chi connectivity index (χ4n) is 2.93. The highest BCUT2D eigenvalue weighted by Crippen LogP contribution is 2.25. The van der Waals surface area contributed by atoms with Crippen molar-refractivity contribution < 1.29 is 9.15 Å². The zero-order valence-corrected chi connectivity index (χ0v) is 16.2. The topological polar surface area (TPSA) is 108 Å². The van der Waals surface area contributed by atoms with Crippen LogP contribution in [0.4, 0.5) is 0 Å². The number of nitrogens with one attached hydrogen (secondary N) is 2. The smallest absolute Gasteiger partial charge is 0.245 e. The zero-order chi connectivity index (χ0) is 20.9. The molecule has 1 aromatic heterocycles. The summed E-state index contributed by atoms with van der Waals surface area (Å²) in [5, 5.41) is 12.4. The predicted molar refractivity (Wildman–Crippen MR) is 116 cm³/mol. The number of hydrogen-bond donors (Lipinski definition) is 2. The number of hydrogen-bond acceptors (Lipinski definition) is 7. The van der Waals surface area contributed by atoms with E-state index in [-0.39, 0.29) is 17.4 Å². The summed E-state index contributed by atoms with van der Waals surface area (Å²) in [6.45, 7) is 5.28. The van der Waals surface area contributed by atoms with Gasteiger partial charge in [0.05, 0.1) is 6.20 Å². The minimum Gasteiger partial charge on any atom is -0.443 e. The Morgan fingerprint density at radius 1 is 1.10 bits per heavy atom. The van der Waals surface area contributed by atoms with E-state index in [0.29, 0.717) is 17.4 Å². The zero-order valence-electron chi connectivity index (χ0n) is 16.2. The number of hydrazone groups is 1. The van der Waals surface area contributed by atoms with Crippen LogP contribution in [0.5, 0.6) is 0 Å². The first-order valence-corrected chi connectivity index (χ1v) is 9.08. The maximum Gasteiger partial charge on any atom is 0.245 e. The first-order chi connectivity index (χ1) is 14.7. The lowest BCUT2D eigenvalue weighted by Gasteiger charge is -2.09. The van der Waals surface area contributed by atoms with Crippen molar-refractivity contribution in [1.29, 1.82) is 5.41 Å². The van der Waals surface area contributed by atoms with Crippen molar-refractivity contribution in [2.45, 2.75) is 6.92 Å². The van der Waals surface area contributed by atoms with Gasteiger partial charge in [-0.2, -0.15) is 0 Å². The molecule has 8 heteroatoms. The first-order valence-electron chi connectivity index (χ1n) is 9.08. The van der Waals surface area contributed by atoms with Crippen LogP contribution in [0.2, 0.25) is 0 Å². The maximum atomic E-state index is 8.19. The van der Waals surface area contributed by atoms with Gasteiger partial charge < -0.3 is 9.15 Å². The number of nitrogens with zero attached hydrogens (tertiary/aromatic N) is 4. The quantitative estimate of drug-likeness (QED) is 0.500. The first kappa shape index (κ1) is 19.0. The van der Waals surface area contributed by atoms with Crippen molar-refractivity contribution in [2.24, 2.45) is 15.1 Å². The average molecular weight is 398 g/mol. The van der Waals surface area contributed by atoms with E-state index in [4.69, 9.17) is 14.6 Å². The highest BCUT2D eigenvalue weighted by molar-refractivity contribution is 6.08. The lowest BCUT2D eigenvalue weighted by Crippen LogP contribution is -2.11. The number of amidine groups is 1. The SMILES string of the molecule is C=NC(=N)C(N=C(C)c1ccccc1-c1cnco1)=C1NN=C(c2ccccc2)O1. The van der Waals surface area contributed by atoms with Crippen molar-refractivity contribution in [3.05, 3.63) is 89.9 Å². The molecule has 2 aromatic carbocycles. The van der Waals surface area contributed by atoms with Crippen LogP contribution in [0.3, 0.4) is 0 Å². The van der Waals surface area contributed by atoms with Crippen molar-refractivity contribution in [3.63, 3.8) is 0 Å². The molecule has 3 aromatic rings. The third kappa shape index (κ3) is 3.79. The van der Waals surface area contributed by atoms with E-state index < -0.39 is 0 Å². The van der Waals surface area contributed by atoms with E-state index in [9.17, 15) is 0 Å². The lowest BCUT2D eigenvalue weighted by molar-refractivity contribution is 0.412.